The van der Waals surface area contributed by atoms with Crippen molar-refractivity contribution in [3.63, 3.8) is 0 Å². The van der Waals surface area contributed by atoms with E-state index in [-0.39, 0.29) is 5.91 Å². The number of halogens is 2. The molecule has 1 heterocycles. The van der Waals surface area contributed by atoms with E-state index in [9.17, 15) is 4.79 Å². The van der Waals surface area contributed by atoms with Gasteiger partial charge < -0.3 is 5.32 Å². The summed E-state index contributed by atoms with van der Waals surface area (Å²) in [6.07, 6.45) is 0.785. The molecule has 0 saturated heterocycles. The van der Waals surface area contributed by atoms with Crippen molar-refractivity contribution in [1.29, 1.82) is 0 Å². The highest BCUT2D eigenvalue weighted by Gasteiger charge is 2.08. The fraction of sp³-hybridized carbons (Fsp3) is 0.176. The van der Waals surface area contributed by atoms with Crippen LogP contribution >= 0.6 is 46.3 Å². The molecule has 0 spiro atoms. The molecule has 3 aromatic rings. The smallest absolute Gasteiger partial charge is 0.230 e. The van der Waals surface area contributed by atoms with Crippen LogP contribution in [0.4, 0.5) is 0 Å². The van der Waals surface area contributed by atoms with Gasteiger partial charge >= 0.3 is 0 Å². The van der Waals surface area contributed by atoms with E-state index in [0.717, 1.165) is 31.6 Å². The van der Waals surface area contributed by atoms with Crippen molar-refractivity contribution in [2.75, 3.05) is 12.3 Å². The van der Waals surface area contributed by atoms with Crippen LogP contribution in [0.1, 0.15) is 5.56 Å². The lowest BCUT2D eigenvalue weighted by Gasteiger charge is -2.04. The second-order valence-electron chi connectivity index (χ2n) is 5.11. The lowest BCUT2D eigenvalue weighted by Crippen LogP contribution is -2.27. The summed E-state index contributed by atoms with van der Waals surface area (Å²) in [5, 5.41) is 4.31. The van der Waals surface area contributed by atoms with Crippen LogP contribution in [-0.4, -0.2) is 23.2 Å². The van der Waals surface area contributed by atoms with Crippen molar-refractivity contribution in [3.05, 3.63) is 58.1 Å². The summed E-state index contributed by atoms with van der Waals surface area (Å²) < 4.78 is 1.95. The topological polar surface area (TPSA) is 42.0 Å². The predicted molar refractivity (Wildman–Crippen MR) is 104 cm³/mol. The van der Waals surface area contributed by atoms with Crippen molar-refractivity contribution in [3.8, 4) is 0 Å². The largest absolute Gasteiger partial charge is 0.355 e. The molecule has 2 aromatic carbocycles. The Morgan fingerprint density at radius 2 is 1.88 bits per heavy atom. The third-order valence-corrected chi connectivity index (χ3v) is 5.97. The van der Waals surface area contributed by atoms with Crippen molar-refractivity contribution in [1.82, 2.24) is 10.3 Å². The number of fused-ring (bicyclic) bond motifs is 1. The van der Waals surface area contributed by atoms with E-state index in [1.165, 1.54) is 11.8 Å². The van der Waals surface area contributed by atoms with E-state index >= 15 is 0 Å². The van der Waals surface area contributed by atoms with Gasteiger partial charge in [-0.3, -0.25) is 4.79 Å². The standard InChI is InChI=1S/C17H14Cl2N2OS2/c18-12-3-1-11(2-4-12)7-8-20-16(22)10-23-17-21-14-9-13(19)5-6-15(14)24-17/h1-6,9H,7-8,10H2,(H,20,22). The van der Waals surface area contributed by atoms with Crippen LogP contribution in [0.15, 0.2) is 46.8 Å². The summed E-state index contributed by atoms with van der Waals surface area (Å²) in [5.74, 6) is 0.361. The molecule has 0 radical (unpaired) electrons. The molecule has 24 heavy (non-hydrogen) atoms. The lowest BCUT2D eigenvalue weighted by molar-refractivity contribution is -0.118. The molecule has 3 nitrogen and oxygen atoms in total. The Labute approximate surface area is 158 Å². The normalized spacial score (nSPS) is 10.9. The van der Waals surface area contributed by atoms with E-state index in [2.05, 4.69) is 10.3 Å². The molecular formula is C17H14Cl2N2OS2. The molecule has 1 N–H and O–H groups in total. The summed E-state index contributed by atoms with van der Waals surface area (Å²) in [7, 11) is 0. The fourth-order valence-corrected chi connectivity index (χ4v) is 4.29. The summed E-state index contributed by atoms with van der Waals surface area (Å²) >= 11 is 14.8. The summed E-state index contributed by atoms with van der Waals surface area (Å²) in [5.41, 5.74) is 2.02. The quantitative estimate of drug-likeness (QED) is 0.592. The first-order valence-electron chi connectivity index (χ1n) is 7.30. The Morgan fingerprint density at radius 3 is 2.67 bits per heavy atom. The van der Waals surface area contributed by atoms with E-state index in [1.807, 2.05) is 42.5 Å². The number of thioether (sulfide) groups is 1. The zero-order valence-corrected chi connectivity index (χ0v) is 15.7. The van der Waals surface area contributed by atoms with Gasteiger partial charge in [-0.1, -0.05) is 47.1 Å². The molecule has 0 aliphatic heterocycles. The monoisotopic (exact) mass is 396 g/mol. The molecule has 0 aliphatic carbocycles. The molecule has 1 amide bonds. The Morgan fingerprint density at radius 1 is 1.12 bits per heavy atom. The van der Waals surface area contributed by atoms with Crippen molar-refractivity contribution < 1.29 is 4.79 Å². The Balaban J connectivity index is 1.45. The second kappa shape index (κ2) is 8.21. The van der Waals surface area contributed by atoms with Gasteiger partial charge in [-0.15, -0.1) is 11.3 Å². The number of aromatic nitrogens is 1. The van der Waals surface area contributed by atoms with Gasteiger partial charge in [0.05, 0.1) is 16.0 Å². The molecule has 0 bridgehead atoms. The van der Waals surface area contributed by atoms with E-state index in [0.29, 0.717) is 17.3 Å². The van der Waals surface area contributed by atoms with E-state index < -0.39 is 0 Å². The van der Waals surface area contributed by atoms with Gasteiger partial charge in [-0.2, -0.15) is 0 Å². The molecular weight excluding hydrogens is 383 g/mol. The van der Waals surface area contributed by atoms with Crippen molar-refractivity contribution in [2.24, 2.45) is 0 Å². The molecule has 7 heteroatoms. The van der Waals surface area contributed by atoms with E-state index in [4.69, 9.17) is 23.2 Å². The first kappa shape index (κ1) is 17.5. The number of hydrogen-bond acceptors (Lipinski definition) is 4. The molecule has 3 rings (SSSR count). The molecule has 0 saturated carbocycles. The third kappa shape index (κ3) is 4.86. The third-order valence-electron chi connectivity index (χ3n) is 3.31. The average molecular weight is 397 g/mol. The number of benzene rings is 2. The Kier molecular flexibility index (Phi) is 6.00. The van der Waals surface area contributed by atoms with Gasteiger partial charge in [-0.25, -0.2) is 4.98 Å². The fourth-order valence-electron chi connectivity index (χ4n) is 2.12. The van der Waals surface area contributed by atoms with Gasteiger partial charge in [0.25, 0.3) is 0 Å². The van der Waals surface area contributed by atoms with Crippen LogP contribution in [0.2, 0.25) is 10.0 Å². The highest BCUT2D eigenvalue weighted by molar-refractivity contribution is 8.01. The number of amides is 1. The van der Waals surface area contributed by atoms with Gasteiger partial charge in [0.2, 0.25) is 5.91 Å². The summed E-state index contributed by atoms with van der Waals surface area (Å²) in [4.78, 5) is 16.4. The second-order valence-corrected chi connectivity index (χ2v) is 8.23. The Hall–Kier alpha value is -1.27. The number of nitrogens with zero attached hydrogens (tertiary/aromatic N) is 1. The minimum absolute atomic E-state index is 0.00579. The molecule has 124 valence electrons. The van der Waals surface area contributed by atoms with E-state index in [1.54, 1.807) is 11.3 Å². The number of carbonyl (C=O) groups excluding carboxylic acids is 1. The number of carbonyl (C=O) groups is 1. The van der Waals surface area contributed by atoms with Crippen LogP contribution in [0.5, 0.6) is 0 Å². The van der Waals surface area contributed by atoms with Gasteiger partial charge in [-0.05, 0) is 42.3 Å². The summed E-state index contributed by atoms with van der Waals surface area (Å²) in [6.45, 7) is 0.608. The van der Waals surface area contributed by atoms with Crippen LogP contribution in [0, 0.1) is 0 Å². The first-order chi connectivity index (χ1) is 11.6. The van der Waals surface area contributed by atoms with Crippen LogP contribution in [0.3, 0.4) is 0 Å². The first-order valence-corrected chi connectivity index (χ1v) is 9.86. The van der Waals surface area contributed by atoms with Crippen LogP contribution in [0.25, 0.3) is 10.2 Å². The Bertz CT molecular complexity index is 849. The van der Waals surface area contributed by atoms with Crippen molar-refractivity contribution >= 4 is 62.4 Å². The number of hydrogen-bond donors (Lipinski definition) is 1. The summed E-state index contributed by atoms with van der Waals surface area (Å²) in [6, 6.07) is 13.3. The van der Waals surface area contributed by atoms with Crippen LogP contribution < -0.4 is 5.32 Å². The van der Waals surface area contributed by atoms with Crippen LogP contribution in [-0.2, 0) is 11.2 Å². The maximum Gasteiger partial charge on any atom is 0.230 e. The number of nitrogens with one attached hydrogen (secondary N) is 1. The van der Waals surface area contributed by atoms with Crippen molar-refractivity contribution in [2.45, 2.75) is 10.8 Å². The highest BCUT2D eigenvalue weighted by atomic mass is 35.5. The van der Waals surface area contributed by atoms with Gasteiger partial charge in [0, 0.05) is 16.6 Å². The minimum Gasteiger partial charge on any atom is -0.355 e. The lowest BCUT2D eigenvalue weighted by atomic mass is 10.1. The number of thiazole rings is 1. The predicted octanol–water partition coefficient (Wildman–Crippen LogP) is 5.05. The maximum absolute atomic E-state index is 11.9. The molecule has 1 aromatic heterocycles. The molecule has 0 aliphatic rings. The molecule has 0 unspecified atom stereocenters. The number of rotatable bonds is 6. The maximum atomic E-state index is 11.9. The minimum atomic E-state index is 0.00579. The highest BCUT2D eigenvalue weighted by Crippen LogP contribution is 2.30. The van der Waals surface area contributed by atoms with Gasteiger partial charge in [0.15, 0.2) is 4.34 Å². The van der Waals surface area contributed by atoms with Gasteiger partial charge in [0.1, 0.15) is 0 Å². The molecule has 0 fully saturated rings. The zero-order valence-electron chi connectivity index (χ0n) is 12.6. The average Bonchev–Trinajstić information content (AvgIpc) is 2.97. The molecule has 0 atom stereocenters. The zero-order chi connectivity index (χ0) is 16.9. The SMILES string of the molecule is O=C(CSc1nc2cc(Cl)ccc2s1)NCCc1ccc(Cl)cc1.